The number of ether oxygens (including phenoxy) is 1. The summed E-state index contributed by atoms with van der Waals surface area (Å²) in [6.07, 6.45) is 65.9. The van der Waals surface area contributed by atoms with Gasteiger partial charge >= 0.3 is 5.97 Å². The van der Waals surface area contributed by atoms with Crippen LogP contribution in [0.2, 0.25) is 0 Å². The van der Waals surface area contributed by atoms with Gasteiger partial charge in [0.1, 0.15) is 0 Å². The monoisotopic (exact) mass is 900 g/mol. The van der Waals surface area contributed by atoms with Crippen molar-refractivity contribution in [2.24, 2.45) is 0 Å². The number of esters is 1. The number of allylic oxidation sites excluding steroid dienone is 5. The fraction of sp³-hybridized carbons (Fsp3) is 0.862. The van der Waals surface area contributed by atoms with E-state index in [4.69, 9.17) is 4.74 Å². The van der Waals surface area contributed by atoms with E-state index in [1.54, 1.807) is 6.08 Å². The molecule has 0 heterocycles. The zero-order valence-corrected chi connectivity index (χ0v) is 42.8. The van der Waals surface area contributed by atoms with Gasteiger partial charge in [0, 0.05) is 12.8 Å². The average molecular weight is 901 g/mol. The van der Waals surface area contributed by atoms with Crippen molar-refractivity contribution in [3.63, 3.8) is 0 Å². The van der Waals surface area contributed by atoms with E-state index in [0.717, 1.165) is 51.4 Å². The van der Waals surface area contributed by atoms with E-state index in [9.17, 15) is 19.8 Å². The highest BCUT2D eigenvalue weighted by Gasteiger charge is 2.18. The molecule has 3 N–H and O–H groups in total. The van der Waals surface area contributed by atoms with Crippen LogP contribution in [0.1, 0.15) is 296 Å². The van der Waals surface area contributed by atoms with Crippen LogP contribution in [-0.4, -0.2) is 47.4 Å². The molecule has 0 aromatic carbocycles. The molecule has 0 saturated carbocycles. The predicted molar refractivity (Wildman–Crippen MR) is 278 cm³/mol. The van der Waals surface area contributed by atoms with E-state index in [0.29, 0.717) is 19.4 Å². The highest BCUT2D eigenvalue weighted by atomic mass is 16.5. The Kier molecular flexibility index (Phi) is 52.1. The zero-order valence-electron chi connectivity index (χ0n) is 42.8. The van der Waals surface area contributed by atoms with E-state index in [2.05, 4.69) is 43.5 Å². The standard InChI is InChI=1S/C58H109NO5/c1-3-5-7-9-11-13-15-16-24-27-31-34-38-42-46-50-56(61)55(54-60)59-57(62)51-47-43-39-35-32-28-25-22-20-18-17-19-21-23-26-29-33-37-41-45-49-53-64-58(63)52-48-44-40-36-30-14-12-10-8-6-4-2/h10,12,18,20,46,50,55-56,60-61H,3-9,11,13-17,19,21-45,47-49,51-54H2,1-2H3,(H,59,62)/b12-10-,20-18-,50-46+. The molecule has 0 aromatic heterocycles. The maximum atomic E-state index is 12.4. The Balaban J connectivity index is 3.47. The fourth-order valence-corrected chi connectivity index (χ4v) is 8.49. The summed E-state index contributed by atoms with van der Waals surface area (Å²) in [5, 5.41) is 23.1. The summed E-state index contributed by atoms with van der Waals surface area (Å²) < 4.78 is 5.45. The highest BCUT2D eigenvalue weighted by molar-refractivity contribution is 5.76. The highest BCUT2D eigenvalue weighted by Crippen LogP contribution is 2.16. The molecule has 376 valence electrons. The largest absolute Gasteiger partial charge is 0.466 e. The molecule has 64 heavy (non-hydrogen) atoms. The normalized spacial score (nSPS) is 12.9. The van der Waals surface area contributed by atoms with Crippen molar-refractivity contribution in [3.05, 3.63) is 36.5 Å². The molecule has 0 radical (unpaired) electrons. The van der Waals surface area contributed by atoms with E-state index in [-0.39, 0.29) is 18.5 Å². The summed E-state index contributed by atoms with van der Waals surface area (Å²) >= 11 is 0. The van der Waals surface area contributed by atoms with Crippen LogP contribution < -0.4 is 5.32 Å². The van der Waals surface area contributed by atoms with Crippen LogP contribution in [0.3, 0.4) is 0 Å². The van der Waals surface area contributed by atoms with Crippen LogP contribution in [0.4, 0.5) is 0 Å². The lowest BCUT2D eigenvalue weighted by molar-refractivity contribution is -0.143. The molecule has 0 aliphatic carbocycles. The smallest absolute Gasteiger partial charge is 0.305 e. The van der Waals surface area contributed by atoms with Gasteiger partial charge in [0.05, 0.1) is 25.4 Å². The second kappa shape index (κ2) is 53.7. The average Bonchev–Trinajstić information content (AvgIpc) is 3.29. The lowest BCUT2D eigenvalue weighted by atomic mass is 10.0. The van der Waals surface area contributed by atoms with E-state index < -0.39 is 12.1 Å². The summed E-state index contributed by atoms with van der Waals surface area (Å²) in [5.41, 5.74) is 0. The van der Waals surface area contributed by atoms with Crippen molar-refractivity contribution < 1.29 is 24.5 Å². The van der Waals surface area contributed by atoms with Crippen molar-refractivity contribution in [2.75, 3.05) is 13.2 Å². The van der Waals surface area contributed by atoms with Crippen molar-refractivity contribution >= 4 is 11.9 Å². The number of amides is 1. The van der Waals surface area contributed by atoms with E-state index >= 15 is 0 Å². The number of carbonyl (C=O) groups excluding carboxylic acids is 2. The number of aliphatic hydroxyl groups is 2. The molecule has 1 amide bonds. The van der Waals surface area contributed by atoms with E-state index in [1.807, 2.05) is 6.08 Å². The lowest BCUT2D eigenvalue weighted by Crippen LogP contribution is -2.45. The van der Waals surface area contributed by atoms with Gasteiger partial charge in [-0.3, -0.25) is 9.59 Å². The van der Waals surface area contributed by atoms with Gasteiger partial charge in [-0.25, -0.2) is 0 Å². The molecule has 0 rings (SSSR count). The Hall–Kier alpha value is -1.92. The minimum atomic E-state index is -0.849. The Morgan fingerprint density at radius 1 is 0.422 bits per heavy atom. The van der Waals surface area contributed by atoms with Gasteiger partial charge in [-0.15, -0.1) is 0 Å². The van der Waals surface area contributed by atoms with Gasteiger partial charge < -0.3 is 20.3 Å². The van der Waals surface area contributed by atoms with Crippen molar-refractivity contribution in [1.82, 2.24) is 5.32 Å². The number of nitrogens with one attached hydrogen (secondary N) is 1. The van der Waals surface area contributed by atoms with Crippen molar-refractivity contribution in [1.29, 1.82) is 0 Å². The van der Waals surface area contributed by atoms with Gasteiger partial charge in [0.2, 0.25) is 5.91 Å². The summed E-state index contributed by atoms with van der Waals surface area (Å²) in [6.45, 7) is 4.86. The maximum absolute atomic E-state index is 12.4. The molecule has 2 atom stereocenters. The van der Waals surface area contributed by atoms with Crippen LogP contribution in [-0.2, 0) is 14.3 Å². The second-order valence-electron chi connectivity index (χ2n) is 19.3. The van der Waals surface area contributed by atoms with Gasteiger partial charge in [-0.1, -0.05) is 243 Å². The fourth-order valence-electron chi connectivity index (χ4n) is 8.49. The molecular weight excluding hydrogens is 791 g/mol. The third-order valence-electron chi connectivity index (χ3n) is 12.9. The second-order valence-corrected chi connectivity index (χ2v) is 19.3. The molecule has 0 aliphatic heterocycles. The Morgan fingerprint density at radius 2 is 0.750 bits per heavy atom. The first-order valence-corrected chi connectivity index (χ1v) is 28.3. The Morgan fingerprint density at radius 3 is 1.16 bits per heavy atom. The Bertz CT molecular complexity index is 1040. The van der Waals surface area contributed by atoms with Crippen LogP contribution in [0, 0.1) is 0 Å². The quantitative estimate of drug-likeness (QED) is 0.0321. The van der Waals surface area contributed by atoms with Crippen molar-refractivity contribution in [2.45, 2.75) is 309 Å². The molecule has 6 nitrogen and oxygen atoms in total. The predicted octanol–water partition coefficient (Wildman–Crippen LogP) is 17.2. The molecular formula is C58H109NO5. The summed E-state index contributed by atoms with van der Waals surface area (Å²) in [4.78, 5) is 24.4. The summed E-state index contributed by atoms with van der Waals surface area (Å²) in [6, 6.07) is -0.633. The third kappa shape index (κ3) is 49.5. The molecule has 0 bridgehead atoms. The molecule has 0 aromatic rings. The first kappa shape index (κ1) is 62.1. The number of unbranched alkanes of at least 4 members (excludes halogenated alkanes) is 37. The first-order chi connectivity index (χ1) is 31.5. The lowest BCUT2D eigenvalue weighted by Gasteiger charge is -2.20. The van der Waals surface area contributed by atoms with Gasteiger partial charge in [0.15, 0.2) is 0 Å². The van der Waals surface area contributed by atoms with Crippen molar-refractivity contribution in [3.8, 4) is 0 Å². The van der Waals surface area contributed by atoms with Gasteiger partial charge in [-0.05, 0) is 77.0 Å². The van der Waals surface area contributed by atoms with E-state index in [1.165, 1.54) is 218 Å². The first-order valence-electron chi connectivity index (χ1n) is 28.3. The zero-order chi connectivity index (χ0) is 46.5. The molecule has 0 spiro atoms. The third-order valence-corrected chi connectivity index (χ3v) is 12.9. The van der Waals surface area contributed by atoms with Gasteiger partial charge in [-0.2, -0.15) is 0 Å². The number of rotatable bonds is 52. The molecule has 0 aliphatic rings. The molecule has 6 heteroatoms. The molecule has 0 fully saturated rings. The van der Waals surface area contributed by atoms with Gasteiger partial charge in [0.25, 0.3) is 0 Å². The minimum absolute atomic E-state index is 0.00393. The number of hydrogen-bond acceptors (Lipinski definition) is 5. The van der Waals surface area contributed by atoms with Crippen LogP contribution >= 0.6 is 0 Å². The van der Waals surface area contributed by atoms with Crippen LogP contribution in [0.15, 0.2) is 36.5 Å². The Labute approximate surface area is 398 Å². The maximum Gasteiger partial charge on any atom is 0.305 e. The number of hydrogen-bond donors (Lipinski definition) is 3. The molecule has 0 saturated heterocycles. The van der Waals surface area contributed by atoms with Crippen LogP contribution in [0.5, 0.6) is 0 Å². The summed E-state index contributed by atoms with van der Waals surface area (Å²) in [7, 11) is 0. The number of aliphatic hydroxyl groups excluding tert-OH is 2. The SMILES string of the molecule is CCCC/C=C\CCCCCCCC(=O)OCCCCCCCCCCCC/C=C\CCCCCCCCCC(=O)NC(CO)C(O)/C=C/CCCCCCCCCCCCCCC. The molecule has 2 unspecified atom stereocenters. The summed E-state index contributed by atoms with van der Waals surface area (Å²) in [5.74, 6) is -0.0795. The topological polar surface area (TPSA) is 95.9 Å². The van der Waals surface area contributed by atoms with Crippen LogP contribution in [0.25, 0.3) is 0 Å². The number of carbonyl (C=O) groups is 2. The minimum Gasteiger partial charge on any atom is -0.466 e.